The van der Waals surface area contributed by atoms with E-state index in [2.05, 4.69) is 17.1 Å². The number of hydrogen-bond donors (Lipinski definition) is 2. The second kappa shape index (κ2) is 9.52. The summed E-state index contributed by atoms with van der Waals surface area (Å²) in [5.74, 6) is 1.23. The first kappa shape index (κ1) is 18.6. The van der Waals surface area contributed by atoms with Gasteiger partial charge in [-0.25, -0.2) is 0 Å². The van der Waals surface area contributed by atoms with Crippen LogP contribution in [0, 0.1) is 6.92 Å². The summed E-state index contributed by atoms with van der Waals surface area (Å²) in [6, 6.07) is 5.89. The number of phenols is 1. The first-order valence-electron chi connectivity index (χ1n) is 9.07. The van der Waals surface area contributed by atoms with Crippen LogP contribution >= 0.6 is 0 Å². The van der Waals surface area contributed by atoms with E-state index in [0.717, 1.165) is 49.9 Å². The summed E-state index contributed by atoms with van der Waals surface area (Å²) in [5, 5.41) is 13.1. The minimum Gasteiger partial charge on any atom is -0.508 e. The van der Waals surface area contributed by atoms with Crippen LogP contribution in [0.4, 0.5) is 5.69 Å². The maximum Gasteiger partial charge on any atom is 0.198 e. The van der Waals surface area contributed by atoms with Crippen molar-refractivity contribution in [1.29, 1.82) is 0 Å². The molecular weight excluding hydrogens is 302 g/mol. The molecule has 1 aromatic rings. The number of ether oxygens (including phenoxy) is 1. The van der Waals surface area contributed by atoms with Gasteiger partial charge in [0, 0.05) is 38.0 Å². The van der Waals surface area contributed by atoms with E-state index >= 15 is 0 Å². The first-order chi connectivity index (χ1) is 11.6. The molecule has 0 amide bonds. The number of aliphatic imine (C=N–C) groups is 1. The van der Waals surface area contributed by atoms with Gasteiger partial charge in [0.05, 0.1) is 0 Å². The van der Waals surface area contributed by atoms with Crippen LogP contribution in [0.25, 0.3) is 0 Å². The average Bonchev–Trinajstić information content (AvgIpc) is 2.56. The van der Waals surface area contributed by atoms with E-state index in [1.165, 1.54) is 19.3 Å². The number of aryl methyl sites for hydroxylation is 1. The summed E-state index contributed by atoms with van der Waals surface area (Å²) in [6.45, 7) is 9.57. The molecule has 1 fully saturated rings. The monoisotopic (exact) mass is 333 g/mol. The number of phenolic OH excluding ortho intramolecular Hbond substituents is 1. The Bertz CT molecular complexity index is 545. The molecule has 1 saturated heterocycles. The Hall–Kier alpha value is -1.75. The predicted octanol–water partition coefficient (Wildman–Crippen LogP) is 3.77. The molecule has 1 aliphatic heterocycles. The lowest BCUT2D eigenvalue weighted by atomic mass is 10.0. The fourth-order valence-corrected chi connectivity index (χ4v) is 3.02. The number of aromatic hydroxyl groups is 1. The van der Waals surface area contributed by atoms with Gasteiger partial charge in [-0.1, -0.05) is 0 Å². The number of likely N-dealkylation sites (tertiary alicyclic amines) is 1. The standard InChI is InChI=1S/C19H31N3O2/c1-4-24-13-7-11-20-19(22-12-6-5-8-16(22)3)21-18-10-9-17(23)14-15(18)2/h9-10,14,16,23H,4-8,11-13H2,1-3H3,(H,20,21). The molecule has 5 heteroatoms. The molecule has 134 valence electrons. The molecule has 1 aromatic carbocycles. The smallest absolute Gasteiger partial charge is 0.198 e. The minimum absolute atomic E-state index is 0.291. The normalized spacial score (nSPS) is 18.7. The molecule has 1 heterocycles. The van der Waals surface area contributed by atoms with Crippen molar-refractivity contribution in [3.05, 3.63) is 23.8 Å². The molecule has 0 aromatic heterocycles. The maximum atomic E-state index is 9.60. The summed E-state index contributed by atoms with van der Waals surface area (Å²) < 4.78 is 5.40. The van der Waals surface area contributed by atoms with Crippen LogP contribution in [-0.2, 0) is 4.74 Å². The molecule has 1 atom stereocenters. The highest BCUT2D eigenvalue weighted by Gasteiger charge is 2.22. The summed E-state index contributed by atoms with van der Waals surface area (Å²) in [4.78, 5) is 7.19. The van der Waals surface area contributed by atoms with E-state index in [1.807, 2.05) is 19.9 Å². The van der Waals surface area contributed by atoms with Crippen LogP contribution in [0.15, 0.2) is 23.2 Å². The van der Waals surface area contributed by atoms with Crippen molar-refractivity contribution in [3.8, 4) is 5.75 Å². The van der Waals surface area contributed by atoms with E-state index in [-0.39, 0.29) is 0 Å². The predicted molar refractivity (Wildman–Crippen MR) is 99.9 cm³/mol. The van der Waals surface area contributed by atoms with Gasteiger partial charge in [-0.2, -0.15) is 0 Å². The Morgan fingerprint density at radius 3 is 2.96 bits per heavy atom. The zero-order valence-electron chi connectivity index (χ0n) is 15.2. The highest BCUT2D eigenvalue weighted by Crippen LogP contribution is 2.22. The van der Waals surface area contributed by atoms with Gasteiger partial charge in [0.2, 0.25) is 0 Å². The fraction of sp³-hybridized carbons (Fsp3) is 0.632. The van der Waals surface area contributed by atoms with Gasteiger partial charge in [0.15, 0.2) is 5.96 Å². The number of nitrogens with zero attached hydrogens (tertiary/aromatic N) is 2. The third-order valence-corrected chi connectivity index (χ3v) is 4.44. The van der Waals surface area contributed by atoms with Gasteiger partial charge in [-0.05, 0) is 70.2 Å². The molecule has 0 aliphatic carbocycles. The Kier molecular flexibility index (Phi) is 7.37. The van der Waals surface area contributed by atoms with Gasteiger partial charge in [0.25, 0.3) is 0 Å². The summed E-state index contributed by atoms with van der Waals surface area (Å²) >= 11 is 0. The van der Waals surface area contributed by atoms with Crippen LogP contribution in [0.3, 0.4) is 0 Å². The van der Waals surface area contributed by atoms with Crippen LogP contribution in [0.1, 0.15) is 45.1 Å². The van der Waals surface area contributed by atoms with Crippen molar-refractivity contribution in [2.75, 3.05) is 31.6 Å². The topological polar surface area (TPSA) is 57.1 Å². The van der Waals surface area contributed by atoms with E-state index in [4.69, 9.17) is 9.73 Å². The first-order valence-corrected chi connectivity index (χ1v) is 9.07. The summed E-state index contributed by atoms with van der Waals surface area (Å²) in [7, 11) is 0. The fourth-order valence-electron chi connectivity index (χ4n) is 3.02. The molecule has 24 heavy (non-hydrogen) atoms. The average molecular weight is 333 g/mol. The molecule has 2 rings (SSSR count). The van der Waals surface area contributed by atoms with Crippen molar-refractivity contribution >= 4 is 11.6 Å². The molecular formula is C19H31N3O2. The Labute approximate surface area is 145 Å². The van der Waals surface area contributed by atoms with Crippen LogP contribution in [0.5, 0.6) is 5.75 Å². The van der Waals surface area contributed by atoms with Gasteiger partial charge in [-0.3, -0.25) is 4.99 Å². The third-order valence-electron chi connectivity index (χ3n) is 4.44. The molecule has 1 unspecified atom stereocenters. The Balaban J connectivity index is 2.10. The van der Waals surface area contributed by atoms with E-state index in [1.54, 1.807) is 12.1 Å². The number of rotatable bonds is 6. The number of guanidine groups is 1. The largest absolute Gasteiger partial charge is 0.508 e. The number of piperidine rings is 1. The number of nitrogens with one attached hydrogen (secondary N) is 1. The number of anilines is 1. The molecule has 0 bridgehead atoms. The molecule has 2 N–H and O–H groups in total. The van der Waals surface area contributed by atoms with Crippen molar-refractivity contribution in [3.63, 3.8) is 0 Å². The summed E-state index contributed by atoms with van der Waals surface area (Å²) in [5.41, 5.74) is 2.01. The van der Waals surface area contributed by atoms with Gasteiger partial charge >= 0.3 is 0 Å². The van der Waals surface area contributed by atoms with E-state index in [0.29, 0.717) is 11.8 Å². The van der Waals surface area contributed by atoms with Gasteiger partial charge in [0.1, 0.15) is 5.75 Å². The molecule has 1 aliphatic rings. The SMILES string of the molecule is CCOCCCN=C(Nc1ccc(O)cc1C)N1CCCCC1C. The second-order valence-electron chi connectivity index (χ2n) is 6.42. The van der Waals surface area contributed by atoms with Crippen LogP contribution in [0.2, 0.25) is 0 Å². The van der Waals surface area contributed by atoms with E-state index < -0.39 is 0 Å². The highest BCUT2D eigenvalue weighted by molar-refractivity contribution is 5.94. The lowest BCUT2D eigenvalue weighted by molar-refractivity contribution is 0.146. The van der Waals surface area contributed by atoms with Crippen LogP contribution in [-0.4, -0.2) is 48.3 Å². The molecule has 5 nitrogen and oxygen atoms in total. The van der Waals surface area contributed by atoms with E-state index in [9.17, 15) is 5.11 Å². The lowest BCUT2D eigenvalue weighted by Gasteiger charge is -2.36. The highest BCUT2D eigenvalue weighted by atomic mass is 16.5. The van der Waals surface area contributed by atoms with Crippen molar-refractivity contribution < 1.29 is 9.84 Å². The second-order valence-corrected chi connectivity index (χ2v) is 6.42. The zero-order chi connectivity index (χ0) is 17.4. The van der Waals surface area contributed by atoms with Crippen molar-refractivity contribution in [2.24, 2.45) is 4.99 Å². The number of hydrogen-bond acceptors (Lipinski definition) is 3. The molecule has 0 radical (unpaired) electrons. The Morgan fingerprint density at radius 2 is 2.25 bits per heavy atom. The van der Waals surface area contributed by atoms with Gasteiger partial charge in [-0.15, -0.1) is 0 Å². The van der Waals surface area contributed by atoms with Crippen molar-refractivity contribution in [1.82, 2.24) is 4.90 Å². The van der Waals surface area contributed by atoms with Crippen molar-refractivity contribution in [2.45, 2.75) is 52.5 Å². The maximum absolute atomic E-state index is 9.60. The minimum atomic E-state index is 0.291. The van der Waals surface area contributed by atoms with Crippen LogP contribution < -0.4 is 5.32 Å². The summed E-state index contributed by atoms with van der Waals surface area (Å²) in [6.07, 6.45) is 4.62. The molecule has 0 spiro atoms. The number of benzene rings is 1. The Morgan fingerprint density at radius 1 is 1.42 bits per heavy atom. The quantitative estimate of drug-likeness (QED) is 0.360. The lowest BCUT2D eigenvalue weighted by Crippen LogP contribution is -2.45. The third kappa shape index (κ3) is 5.41. The zero-order valence-corrected chi connectivity index (χ0v) is 15.2. The van der Waals surface area contributed by atoms with Gasteiger partial charge < -0.3 is 20.1 Å². The molecule has 0 saturated carbocycles.